The van der Waals surface area contributed by atoms with Crippen LogP contribution in [0.15, 0.2) is 54.6 Å². The van der Waals surface area contributed by atoms with Gasteiger partial charge in [-0.05, 0) is 27.6 Å². The summed E-state index contributed by atoms with van der Waals surface area (Å²) in [5.41, 5.74) is 1.13. The molecule has 0 saturated heterocycles. The maximum atomic E-state index is 4.21. The van der Waals surface area contributed by atoms with E-state index in [1.54, 1.807) is 0 Å². The van der Waals surface area contributed by atoms with Crippen molar-refractivity contribution in [1.82, 2.24) is 0 Å². The van der Waals surface area contributed by atoms with Crippen molar-refractivity contribution in [3.05, 3.63) is 60.2 Å². The van der Waals surface area contributed by atoms with E-state index in [1.807, 2.05) is 0 Å². The summed E-state index contributed by atoms with van der Waals surface area (Å²) in [5, 5.41) is 4.95. The average Bonchev–Trinajstić information content (AvgIpc) is 2.46. The third-order valence-corrected chi connectivity index (χ3v) is 3.45. The molecule has 0 aliphatic carbocycles. The van der Waals surface area contributed by atoms with Gasteiger partial charge in [0.05, 0.1) is 0 Å². The smallest absolute Gasteiger partial charge is 0.0402 e. The molecular weight excluding hydrogens is 248 g/mol. The van der Waals surface area contributed by atoms with Crippen molar-refractivity contribution in [1.29, 1.82) is 0 Å². The molecule has 19 heavy (non-hydrogen) atoms. The fourth-order valence-electron chi connectivity index (χ4n) is 2.36. The Hall–Kier alpha value is -1.91. The topological polar surface area (TPSA) is 0 Å². The summed E-state index contributed by atoms with van der Waals surface area (Å²) in [5.74, 6) is 7.34. The van der Waals surface area contributed by atoms with Crippen LogP contribution in [0.5, 0.6) is 0 Å². The molecule has 0 bridgehead atoms. The highest BCUT2D eigenvalue weighted by Gasteiger charge is 2.04. The molecule has 0 aliphatic rings. The summed E-state index contributed by atoms with van der Waals surface area (Å²) in [6.45, 7) is 0. The summed E-state index contributed by atoms with van der Waals surface area (Å²) in [6.07, 6.45) is 0.820. The molecular formula is C18H14S. The van der Waals surface area contributed by atoms with Gasteiger partial charge in [-0.2, -0.15) is 12.6 Å². The summed E-state index contributed by atoms with van der Waals surface area (Å²) in [4.78, 5) is 0. The molecule has 0 aliphatic heterocycles. The van der Waals surface area contributed by atoms with Gasteiger partial charge in [0.1, 0.15) is 0 Å². The Morgan fingerprint density at radius 1 is 0.842 bits per heavy atom. The van der Waals surface area contributed by atoms with Gasteiger partial charge in [-0.3, -0.25) is 0 Å². The SMILES string of the molecule is SCCC#Cc1c2ccccc2cc2ccccc12. The lowest BCUT2D eigenvalue weighted by Gasteiger charge is -2.06. The molecule has 0 unspecified atom stereocenters. The van der Waals surface area contributed by atoms with Crippen LogP contribution in [-0.2, 0) is 0 Å². The van der Waals surface area contributed by atoms with Crippen LogP contribution in [-0.4, -0.2) is 5.75 Å². The third-order valence-electron chi connectivity index (χ3n) is 3.22. The number of benzene rings is 3. The van der Waals surface area contributed by atoms with E-state index >= 15 is 0 Å². The molecule has 3 aromatic carbocycles. The second-order valence-corrected chi connectivity index (χ2v) is 4.92. The van der Waals surface area contributed by atoms with Crippen LogP contribution < -0.4 is 0 Å². The minimum atomic E-state index is 0.801. The standard InChI is InChI=1S/C18H14S/c19-12-6-5-11-18-16-9-3-1-7-14(16)13-15-8-2-4-10-17(15)18/h1-4,7-10,13,19H,6,12H2. The van der Waals surface area contributed by atoms with Crippen LogP contribution in [0.1, 0.15) is 12.0 Å². The Labute approximate surface area is 118 Å². The van der Waals surface area contributed by atoms with Gasteiger partial charge in [0.2, 0.25) is 0 Å². The van der Waals surface area contributed by atoms with Crippen molar-refractivity contribution in [3.63, 3.8) is 0 Å². The molecule has 0 aromatic heterocycles. The highest BCUT2D eigenvalue weighted by molar-refractivity contribution is 7.80. The predicted octanol–water partition coefficient (Wildman–Crippen LogP) is 4.66. The Bertz CT molecular complexity index is 737. The quantitative estimate of drug-likeness (QED) is 0.368. The second kappa shape index (κ2) is 5.38. The number of fused-ring (bicyclic) bond motifs is 2. The minimum absolute atomic E-state index is 0.801. The Morgan fingerprint density at radius 3 is 2.00 bits per heavy atom. The van der Waals surface area contributed by atoms with Crippen molar-refractivity contribution >= 4 is 34.2 Å². The van der Waals surface area contributed by atoms with Gasteiger partial charge in [0.15, 0.2) is 0 Å². The number of rotatable bonds is 1. The summed E-state index contributed by atoms with van der Waals surface area (Å²) < 4.78 is 0. The van der Waals surface area contributed by atoms with E-state index in [1.165, 1.54) is 21.5 Å². The van der Waals surface area contributed by atoms with Crippen LogP contribution in [0.3, 0.4) is 0 Å². The van der Waals surface area contributed by atoms with E-state index in [-0.39, 0.29) is 0 Å². The van der Waals surface area contributed by atoms with Crippen LogP contribution >= 0.6 is 12.6 Å². The van der Waals surface area contributed by atoms with Gasteiger partial charge in [-0.15, -0.1) is 0 Å². The Morgan fingerprint density at radius 2 is 1.42 bits per heavy atom. The van der Waals surface area contributed by atoms with Gasteiger partial charge in [-0.1, -0.05) is 60.4 Å². The van der Waals surface area contributed by atoms with Crippen molar-refractivity contribution in [2.75, 3.05) is 5.75 Å². The molecule has 92 valence electrons. The first-order valence-corrected chi connectivity index (χ1v) is 7.03. The molecule has 0 spiro atoms. The van der Waals surface area contributed by atoms with E-state index in [9.17, 15) is 0 Å². The molecule has 0 nitrogen and oxygen atoms in total. The molecule has 0 atom stereocenters. The fourth-order valence-corrected chi connectivity index (χ4v) is 2.47. The Balaban J connectivity index is 2.37. The van der Waals surface area contributed by atoms with Crippen molar-refractivity contribution in [2.45, 2.75) is 6.42 Å². The molecule has 1 heteroatoms. The van der Waals surface area contributed by atoms with Crippen LogP contribution in [0.25, 0.3) is 21.5 Å². The van der Waals surface area contributed by atoms with Crippen LogP contribution in [0.4, 0.5) is 0 Å². The van der Waals surface area contributed by atoms with Gasteiger partial charge >= 0.3 is 0 Å². The first-order chi connectivity index (χ1) is 9.40. The van der Waals surface area contributed by atoms with Gasteiger partial charge < -0.3 is 0 Å². The molecule has 3 aromatic rings. The van der Waals surface area contributed by atoms with Crippen molar-refractivity contribution < 1.29 is 0 Å². The van der Waals surface area contributed by atoms with Crippen molar-refractivity contribution in [3.8, 4) is 11.8 Å². The van der Waals surface area contributed by atoms with E-state index in [4.69, 9.17) is 0 Å². The van der Waals surface area contributed by atoms with Crippen LogP contribution in [0, 0.1) is 11.8 Å². The van der Waals surface area contributed by atoms with E-state index in [2.05, 4.69) is 79.1 Å². The summed E-state index contributed by atoms with van der Waals surface area (Å²) >= 11 is 4.21. The minimum Gasteiger partial charge on any atom is -0.178 e. The lowest BCUT2D eigenvalue weighted by atomic mass is 9.97. The maximum Gasteiger partial charge on any atom is 0.0402 e. The zero-order valence-corrected chi connectivity index (χ0v) is 11.5. The number of hydrogen-bond acceptors (Lipinski definition) is 1. The second-order valence-electron chi connectivity index (χ2n) is 4.47. The third kappa shape index (κ3) is 2.32. The number of hydrogen-bond donors (Lipinski definition) is 1. The molecule has 0 amide bonds. The largest absolute Gasteiger partial charge is 0.178 e. The first-order valence-electron chi connectivity index (χ1n) is 6.40. The zero-order chi connectivity index (χ0) is 13.1. The molecule has 3 rings (SSSR count). The molecule has 0 N–H and O–H groups in total. The van der Waals surface area contributed by atoms with E-state index in [0.29, 0.717) is 0 Å². The molecule has 0 radical (unpaired) electrons. The number of thiol groups is 1. The molecule has 0 fully saturated rings. The monoisotopic (exact) mass is 262 g/mol. The highest BCUT2D eigenvalue weighted by atomic mass is 32.1. The van der Waals surface area contributed by atoms with Crippen LogP contribution in [0.2, 0.25) is 0 Å². The molecule has 0 saturated carbocycles. The zero-order valence-electron chi connectivity index (χ0n) is 10.6. The van der Waals surface area contributed by atoms with Gasteiger partial charge in [-0.25, -0.2) is 0 Å². The van der Waals surface area contributed by atoms with Crippen molar-refractivity contribution in [2.24, 2.45) is 0 Å². The first kappa shape index (κ1) is 12.1. The lowest BCUT2D eigenvalue weighted by Crippen LogP contribution is -1.84. The normalized spacial score (nSPS) is 10.4. The van der Waals surface area contributed by atoms with Gasteiger partial charge in [0.25, 0.3) is 0 Å². The lowest BCUT2D eigenvalue weighted by molar-refractivity contribution is 1.31. The summed E-state index contributed by atoms with van der Waals surface area (Å²) in [7, 11) is 0. The fraction of sp³-hybridized carbons (Fsp3) is 0.111. The van der Waals surface area contributed by atoms with E-state index in [0.717, 1.165) is 17.7 Å². The maximum absolute atomic E-state index is 4.21. The van der Waals surface area contributed by atoms with Gasteiger partial charge in [0, 0.05) is 17.7 Å². The average molecular weight is 262 g/mol. The predicted molar refractivity (Wildman–Crippen MR) is 86.8 cm³/mol. The van der Waals surface area contributed by atoms with E-state index < -0.39 is 0 Å². The Kier molecular flexibility index (Phi) is 3.44. The highest BCUT2D eigenvalue weighted by Crippen LogP contribution is 2.27. The molecule has 0 heterocycles. The summed E-state index contributed by atoms with van der Waals surface area (Å²) in [6, 6.07) is 19.1.